The van der Waals surface area contributed by atoms with Crippen molar-refractivity contribution < 1.29 is 9.50 Å². The first kappa shape index (κ1) is 17.4. The lowest BCUT2D eigenvalue weighted by Crippen LogP contribution is -2.21. The van der Waals surface area contributed by atoms with Crippen molar-refractivity contribution in [3.63, 3.8) is 0 Å². The number of rotatable bonds is 4. The van der Waals surface area contributed by atoms with Gasteiger partial charge in [0.1, 0.15) is 10.8 Å². The Morgan fingerprint density at radius 1 is 1.08 bits per heavy atom. The molecule has 0 saturated carbocycles. The summed E-state index contributed by atoms with van der Waals surface area (Å²) < 4.78 is 16.4. The predicted octanol–water partition coefficient (Wildman–Crippen LogP) is 4.30. The molecular formula is C19H19FN2O2S. The lowest BCUT2D eigenvalue weighted by Gasteiger charge is -2.12. The molecule has 0 aliphatic carbocycles. The third-order valence-corrected chi connectivity index (χ3v) is 5.27. The maximum atomic E-state index is 14.1. The maximum absolute atomic E-state index is 14.1. The first-order valence-corrected chi connectivity index (χ1v) is 8.75. The molecule has 0 bridgehead atoms. The van der Waals surface area contributed by atoms with Crippen molar-refractivity contribution in [3.8, 4) is 11.6 Å². The SMILES string of the molecule is CC(C)c1ccccc1Sc1c(O)n(-c2ccccc2F)c(=O)n1C. The highest BCUT2D eigenvalue weighted by molar-refractivity contribution is 7.99. The fourth-order valence-electron chi connectivity index (χ4n) is 2.69. The van der Waals surface area contributed by atoms with Crippen LogP contribution in [0.5, 0.6) is 5.88 Å². The topological polar surface area (TPSA) is 47.2 Å². The van der Waals surface area contributed by atoms with Crippen LogP contribution in [-0.4, -0.2) is 14.2 Å². The summed E-state index contributed by atoms with van der Waals surface area (Å²) in [5, 5.41) is 11.0. The smallest absolute Gasteiger partial charge is 0.336 e. The first-order valence-electron chi connectivity index (χ1n) is 7.94. The third kappa shape index (κ3) is 3.09. The molecule has 0 spiro atoms. The normalized spacial score (nSPS) is 11.2. The van der Waals surface area contributed by atoms with E-state index in [1.807, 2.05) is 24.3 Å². The molecule has 0 aliphatic heterocycles. The lowest BCUT2D eigenvalue weighted by molar-refractivity contribution is 0.424. The lowest BCUT2D eigenvalue weighted by atomic mass is 10.0. The second kappa shape index (κ2) is 6.80. The maximum Gasteiger partial charge on any atom is 0.336 e. The van der Waals surface area contributed by atoms with Crippen LogP contribution in [0.4, 0.5) is 4.39 Å². The highest BCUT2D eigenvalue weighted by Crippen LogP contribution is 2.38. The van der Waals surface area contributed by atoms with Crippen LogP contribution in [0.25, 0.3) is 5.69 Å². The third-order valence-electron chi connectivity index (χ3n) is 4.03. The van der Waals surface area contributed by atoms with Gasteiger partial charge in [0.2, 0.25) is 5.88 Å². The summed E-state index contributed by atoms with van der Waals surface area (Å²) in [6, 6.07) is 13.7. The van der Waals surface area contributed by atoms with E-state index >= 15 is 0 Å². The summed E-state index contributed by atoms with van der Waals surface area (Å²) in [4.78, 5) is 13.5. The Kier molecular flexibility index (Phi) is 4.72. The van der Waals surface area contributed by atoms with E-state index in [4.69, 9.17) is 0 Å². The minimum absolute atomic E-state index is 0.0320. The average molecular weight is 358 g/mol. The summed E-state index contributed by atoms with van der Waals surface area (Å²) in [6.07, 6.45) is 0. The van der Waals surface area contributed by atoms with E-state index in [2.05, 4.69) is 13.8 Å². The first-order chi connectivity index (χ1) is 11.9. The Morgan fingerprint density at radius 2 is 1.72 bits per heavy atom. The zero-order valence-corrected chi connectivity index (χ0v) is 15.0. The molecule has 0 saturated heterocycles. The van der Waals surface area contributed by atoms with Crippen molar-refractivity contribution in [2.24, 2.45) is 7.05 Å². The molecule has 130 valence electrons. The molecule has 3 rings (SSSR count). The fraction of sp³-hybridized carbons (Fsp3) is 0.211. The summed E-state index contributed by atoms with van der Waals surface area (Å²) >= 11 is 1.30. The number of halogens is 1. The largest absolute Gasteiger partial charge is 0.492 e. The summed E-state index contributed by atoms with van der Waals surface area (Å²) in [7, 11) is 1.57. The standard InChI is InChI=1S/C19H19FN2O2S/c1-12(2)13-8-4-7-11-16(13)25-18-17(23)22(19(24)21(18)3)15-10-6-5-9-14(15)20/h4-12,23H,1-3H3. The molecule has 2 aromatic carbocycles. The summed E-state index contributed by atoms with van der Waals surface area (Å²) in [5.41, 5.74) is 0.662. The minimum Gasteiger partial charge on any atom is -0.492 e. The molecule has 0 aliphatic rings. The Bertz CT molecular complexity index is 976. The van der Waals surface area contributed by atoms with E-state index in [0.29, 0.717) is 10.9 Å². The van der Waals surface area contributed by atoms with E-state index in [0.717, 1.165) is 15.0 Å². The number of imidazole rings is 1. The summed E-state index contributed by atoms with van der Waals surface area (Å²) in [5.74, 6) is -0.526. The van der Waals surface area contributed by atoms with Crippen molar-refractivity contribution in [2.75, 3.05) is 0 Å². The molecule has 0 unspecified atom stereocenters. The monoisotopic (exact) mass is 358 g/mol. The van der Waals surface area contributed by atoms with Gasteiger partial charge in [0.05, 0.1) is 5.69 Å². The highest BCUT2D eigenvalue weighted by atomic mass is 32.2. The molecule has 25 heavy (non-hydrogen) atoms. The molecule has 1 N–H and O–H groups in total. The molecule has 1 aromatic heterocycles. The Labute approximate surface area is 149 Å². The van der Waals surface area contributed by atoms with Crippen LogP contribution in [0.2, 0.25) is 0 Å². The van der Waals surface area contributed by atoms with E-state index in [9.17, 15) is 14.3 Å². The number of nitrogens with zero attached hydrogens (tertiary/aromatic N) is 2. The fourth-order valence-corrected chi connectivity index (χ4v) is 3.87. The van der Waals surface area contributed by atoms with Gasteiger partial charge in [0.15, 0.2) is 0 Å². The van der Waals surface area contributed by atoms with E-state index in [1.165, 1.54) is 28.5 Å². The van der Waals surface area contributed by atoms with Crippen molar-refractivity contribution >= 4 is 11.8 Å². The number of benzene rings is 2. The van der Waals surface area contributed by atoms with Gasteiger partial charge in [-0.3, -0.25) is 4.57 Å². The number of aromatic nitrogens is 2. The van der Waals surface area contributed by atoms with Crippen LogP contribution >= 0.6 is 11.8 Å². The van der Waals surface area contributed by atoms with Crippen LogP contribution in [0, 0.1) is 5.82 Å². The molecule has 0 amide bonds. The zero-order valence-electron chi connectivity index (χ0n) is 14.2. The van der Waals surface area contributed by atoms with Gasteiger partial charge in [0, 0.05) is 11.9 Å². The van der Waals surface area contributed by atoms with E-state index in [-0.39, 0.29) is 11.6 Å². The molecular weight excluding hydrogens is 339 g/mol. The van der Waals surface area contributed by atoms with Gasteiger partial charge in [-0.1, -0.05) is 55.9 Å². The van der Waals surface area contributed by atoms with Crippen LogP contribution in [-0.2, 0) is 7.05 Å². The van der Waals surface area contributed by atoms with Gasteiger partial charge < -0.3 is 5.11 Å². The number of para-hydroxylation sites is 1. The minimum atomic E-state index is -0.565. The van der Waals surface area contributed by atoms with Crippen LogP contribution in [0.15, 0.2) is 63.2 Å². The van der Waals surface area contributed by atoms with Crippen LogP contribution in [0.1, 0.15) is 25.3 Å². The molecule has 0 radical (unpaired) electrons. The van der Waals surface area contributed by atoms with Gasteiger partial charge >= 0.3 is 5.69 Å². The number of hydrogen-bond donors (Lipinski definition) is 1. The van der Waals surface area contributed by atoms with Gasteiger partial charge in [-0.2, -0.15) is 0 Å². The second-order valence-corrected chi connectivity index (χ2v) is 7.08. The molecule has 4 nitrogen and oxygen atoms in total. The molecule has 1 heterocycles. The van der Waals surface area contributed by atoms with Gasteiger partial charge in [-0.05, 0) is 29.7 Å². The molecule has 0 atom stereocenters. The molecule has 6 heteroatoms. The molecule has 3 aromatic rings. The van der Waals surface area contributed by atoms with Crippen LogP contribution < -0.4 is 5.69 Å². The average Bonchev–Trinajstić information content (AvgIpc) is 2.80. The Balaban J connectivity index is 2.13. The second-order valence-electron chi connectivity index (χ2n) is 6.05. The zero-order chi connectivity index (χ0) is 18.1. The van der Waals surface area contributed by atoms with Crippen molar-refractivity contribution in [1.29, 1.82) is 0 Å². The quantitative estimate of drug-likeness (QED) is 0.757. The Hall–Kier alpha value is -2.47. The van der Waals surface area contributed by atoms with Crippen molar-refractivity contribution in [1.82, 2.24) is 9.13 Å². The number of aromatic hydroxyl groups is 1. The predicted molar refractivity (Wildman–Crippen MR) is 97.3 cm³/mol. The van der Waals surface area contributed by atoms with Crippen LogP contribution in [0.3, 0.4) is 0 Å². The van der Waals surface area contributed by atoms with Crippen molar-refractivity contribution in [2.45, 2.75) is 29.7 Å². The van der Waals surface area contributed by atoms with E-state index < -0.39 is 11.5 Å². The van der Waals surface area contributed by atoms with Gasteiger partial charge in [-0.15, -0.1) is 0 Å². The number of hydrogen-bond acceptors (Lipinski definition) is 3. The van der Waals surface area contributed by atoms with Gasteiger partial charge in [-0.25, -0.2) is 13.8 Å². The molecule has 0 fully saturated rings. The van der Waals surface area contributed by atoms with Gasteiger partial charge in [0.25, 0.3) is 0 Å². The Morgan fingerprint density at radius 3 is 2.40 bits per heavy atom. The summed E-state index contributed by atoms with van der Waals surface area (Å²) in [6.45, 7) is 4.17. The highest BCUT2D eigenvalue weighted by Gasteiger charge is 2.22. The van der Waals surface area contributed by atoms with E-state index in [1.54, 1.807) is 19.2 Å². The van der Waals surface area contributed by atoms with Crippen molar-refractivity contribution in [3.05, 3.63) is 70.4 Å².